The Hall–Kier alpha value is -1.36. The zero-order valence-corrected chi connectivity index (χ0v) is 11.5. The molecule has 0 radical (unpaired) electrons. The van der Waals surface area contributed by atoms with Gasteiger partial charge in [0.25, 0.3) is 5.91 Å². The van der Waals surface area contributed by atoms with Crippen molar-refractivity contribution in [1.82, 2.24) is 15.1 Å². The first-order valence-corrected chi connectivity index (χ1v) is 6.30. The molecular weight excluding hydrogens is 230 g/mol. The van der Waals surface area contributed by atoms with Crippen molar-refractivity contribution in [3.05, 3.63) is 17.5 Å². The molecule has 2 heterocycles. The molecule has 0 saturated carbocycles. The summed E-state index contributed by atoms with van der Waals surface area (Å²) in [5.74, 6) is 0.0163. The Morgan fingerprint density at radius 2 is 2.28 bits per heavy atom. The maximum absolute atomic E-state index is 12.4. The van der Waals surface area contributed by atoms with E-state index in [-0.39, 0.29) is 17.4 Å². The Morgan fingerprint density at radius 3 is 2.83 bits per heavy atom. The third kappa shape index (κ3) is 2.56. The van der Waals surface area contributed by atoms with Crippen LogP contribution in [-0.2, 0) is 4.74 Å². The number of ether oxygens (including phenoxy) is 1. The molecule has 1 aliphatic rings. The minimum absolute atomic E-state index is 0.0163. The van der Waals surface area contributed by atoms with Gasteiger partial charge in [-0.25, -0.2) is 0 Å². The molecule has 0 unspecified atom stereocenters. The number of hydrogen-bond acceptors (Lipinski definition) is 3. The van der Waals surface area contributed by atoms with Gasteiger partial charge in [0, 0.05) is 13.1 Å². The Bertz CT molecular complexity index is 434. The van der Waals surface area contributed by atoms with Crippen molar-refractivity contribution >= 4 is 5.91 Å². The third-order valence-electron chi connectivity index (χ3n) is 3.36. The van der Waals surface area contributed by atoms with Crippen molar-refractivity contribution in [2.75, 3.05) is 19.7 Å². The van der Waals surface area contributed by atoms with E-state index < -0.39 is 0 Å². The highest BCUT2D eigenvalue weighted by Gasteiger charge is 2.33. The number of amides is 1. The van der Waals surface area contributed by atoms with E-state index >= 15 is 0 Å². The summed E-state index contributed by atoms with van der Waals surface area (Å²) in [6, 6.07) is 0. The van der Waals surface area contributed by atoms with E-state index in [9.17, 15) is 4.79 Å². The molecule has 1 aromatic rings. The van der Waals surface area contributed by atoms with Crippen molar-refractivity contribution in [2.24, 2.45) is 5.41 Å². The molecule has 1 N–H and O–H groups in total. The standard InChI is InChI=1S/C13H21N3O2/c1-9-7-14-15-11(9)12(17)16-5-6-18-10(8-16)13(2,3)4/h7,10H,5-6,8H2,1-4H3,(H,14,15)/t10-/m0/s1. The van der Waals surface area contributed by atoms with Crippen LogP contribution in [0.1, 0.15) is 36.8 Å². The third-order valence-corrected chi connectivity index (χ3v) is 3.36. The number of nitrogens with one attached hydrogen (secondary N) is 1. The molecule has 1 fully saturated rings. The minimum Gasteiger partial charge on any atom is -0.374 e. The topological polar surface area (TPSA) is 58.2 Å². The maximum Gasteiger partial charge on any atom is 0.272 e. The van der Waals surface area contributed by atoms with Crippen LogP contribution in [0.2, 0.25) is 0 Å². The molecule has 1 aliphatic heterocycles. The second-order valence-corrected chi connectivity index (χ2v) is 5.90. The quantitative estimate of drug-likeness (QED) is 0.825. The lowest BCUT2D eigenvalue weighted by Gasteiger charge is -2.39. The molecule has 5 nitrogen and oxygen atoms in total. The van der Waals surface area contributed by atoms with Gasteiger partial charge in [0.1, 0.15) is 5.69 Å². The van der Waals surface area contributed by atoms with Crippen LogP contribution in [0, 0.1) is 12.3 Å². The van der Waals surface area contributed by atoms with E-state index in [2.05, 4.69) is 31.0 Å². The zero-order valence-electron chi connectivity index (χ0n) is 11.5. The molecule has 2 rings (SSSR count). The van der Waals surface area contributed by atoms with Crippen molar-refractivity contribution < 1.29 is 9.53 Å². The number of aromatic amines is 1. The van der Waals surface area contributed by atoms with Gasteiger partial charge < -0.3 is 9.64 Å². The Labute approximate surface area is 108 Å². The average Bonchev–Trinajstić information content (AvgIpc) is 2.73. The maximum atomic E-state index is 12.4. The van der Waals surface area contributed by atoms with E-state index in [1.54, 1.807) is 6.20 Å². The number of aryl methyl sites for hydroxylation is 1. The fourth-order valence-electron chi connectivity index (χ4n) is 2.08. The molecule has 0 bridgehead atoms. The monoisotopic (exact) mass is 251 g/mol. The lowest BCUT2D eigenvalue weighted by molar-refractivity contribution is -0.0707. The molecule has 1 atom stereocenters. The first-order valence-electron chi connectivity index (χ1n) is 6.30. The van der Waals surface area contributed by atoms with E-state index in [0.29, 0.717) is 25.4 Å². The molecule has 1 saturated heterocycles. The molecule has 100 valence electrons. The zero-order chi connectivity index (χ0) is 13.3. The first kappa shape index (κ1) is 13.1. The van der Waals surface area contributed by atoms with E-state index in [0.717, 1.165) is 5.56 Å². The predicted octanol–water partition coefficient (Wildman–Crippen LogP) is 1.61. The van der Waals surface area contributed by atoms with Gasteiger partial charge >= 0.3 is 0 Å². The number of H-pyrrole nitrogens is 1. The Balaban J connectivity index is 2.10. The highest BCUT2D eigenvalue weighted by molar-refractivity contribution is 5.93. The molecule has 1 aromatic heterocycles. The fraction of sp³-hybridized carbons (Fsp3) is 0.692. The second kappa shape index (κ2) is 4.72. The molecule has 0 spiro atoms. The van der Waals surface area contributed by atoms with Crippen LogP contribution < -0.4 is 0 Å². The van der Waals surface area contributed by atoms with Crippen LogP contribution in [0.4, 0.5) is 0 Å². The smallest absolute Gasteiger partial charge is 0.272 e. The highest BCUT2D eigenvalue weighted by Crippen LogP contribution is 2.26. The van der Waals surface area contributed by atoms with Gasteiger partial charge in [-0.05, 0) is 17.9 Å². The van der Waals surface area contributed by atoms with Gasteiger partial charge in [-0.15, -0.1) is 0 Å². The van der Waals surface area contributed by atoms with Crippen LogP contribution in [0.5, 0.6) is 0 Å². The summed E-state index contributed by atoms with van der Waals surface area (Å²) < 4.78 is 5.75. The average molecular weight is 251 g/mol. The summed E-state index contributed by atoms with van der Waals surface area (Å²) in [4.78, 5) is 14.2. The van der Waals surface area contributed by atoms with Gasteiger partial charge in [-0.1, -0.05) is 20.8 Å². The molecular formula is C13H21N3O2. The van der Waals surface area contributed by atoms with Crippen molar-refractivity contribution in [1.29, 1.82) is 0 Å². The molecule has 5 heteroatoms. The van der Waals surface area contributed by atoms with Gasteiger partial charge in [-0.2, -0.15) is 5.10 Å². The summed E-state index contributed by atoms with van der Waals surface area (Å²) in [5.41, 5.74) is 1.52. The second-order valence-electron chi connectivity index (χ2n) is 5.90. The summed E-state index contributed by atoms with van der Waals surface area (Å²) >= 11 is 0. The first-order chi connectivity index (χ1) is 8.39. The highest BCUT2D eigenvalue weighted by atomic mass is 16.5. The summed E-state index contributed by atoms with van der Waals surface area (Å²) in [5, 5.41) is 6.68. The van der Waals surface area contributed by atoms with Gasteiger partial charge in [0.05, 0.1) is 18.9 Å². The van der Waals surface area contributed by atoms with Crippen molar-refractivity contribution in [2.45, 2.75) is 33.8 Å². The lowest BCUT2D eigenvalue weighted by atomic mass is 9.88. The molecule has 18 heavy (non-hydrogen) atoms. The van der Waals surface area contributed by atoms with Gasteiger partial charge in [0.15, 0.2) is 0 Å². The molecule has 0 aliphatic carbocycles. The van der Waals surface area contributed by atoms with Crippen LogP contribution in [-0.4, -0.2) is 46.8 Å². The summed E-state index contributed by atoms with van der Waals surface area (Å²) in [6.45, 7) is 10.2. The number of aromatic nitrogens is 2. The SMILES string of the molecule is Cc1cn[nH]c1C(=O)N1CCO[C@H](C(C)(C)C)C1. The van der Waals surface area contributed by atoms with Gasteiger partial charge in [-0.3, -0.25) is 9.89 Å². The van der Waals surface area contributed by atoms with Crippen molar-refractivity contribution in [3.63, 3.8) is 0 Å². The summed E-state index contributed by atoms with van der Waals surface area (Å²) in [6.07, 6.45) is 1.76. The van der Waals surface area contributed by atoms with E-state index in [1.165, 1.54) is 0 Å². The normalized spacial score (nSPS) is 21.1. The Kier molecular flexibility index (Phi) is 3.43. The molecule has 0 aromatic carbocycles. The molecule has 1 amide bonds. The lowest BCUT2D eigenvalue weighted by Crippen LogP contribution is -2.50. The van der Waals surface area contributed by atoms with Crippen LogP contribution in [0.3, 0.4) is 0 Å². The van der Waals surface area contributed by atoms with Crippen LogP contribution in [0.15, 0.2) is 6.20 Å². The van der Waals surface area contributed by atoms with Crippen LogP contribution >= 0.6 is 0 Å². The Morgan fingerprint density at radius 1 is 1.56 bits per heavy atom. The number of hydrogen-bond donors (Lipinski definition) is 1. The predicted molar refractivity (Wildman–Crippen MR) is 68.4 cm³/mol. The number of carbonyl (C=O) groups is 1. The largest absolute Gasteiger partial charge is 0.374 e. The van der Waals surface area contributed by atoms with E-state index in [4.69, 9.17) is 4.74 Å². The summed E-state index contributed by atoms with van der Waals surface area (Å²) in [7, 11) is 0. The number of nitrogens with zero attached hydrogens (tertiary/aromatic N) is 2. The fourth-order valence-corrected chi connectivity index (χ4v) is 2.08. The van der Waals surface area contributed by atoms with E-state index in [1.807, 2.05) is 11.8 Å². The van der Waals surface area contributed by atoms with Gasteiger partial charge in [0.2, 0.25) is 0 Å². The number of carbonyl (C=O) groups excluding carboxylic acids is 1. The van der Waals surface area contributed by atoms with Crippen molar-refractivity contribution in [3.8, 4) is 0 Å². The number of morpholine rings is 1. The van der Waals surface area contributed by atoms with Crippen LogP contribution in [0.25, 0.3) is 0 Å². The number of rotatable bonds is 1. The minimum atomic E-state index is 0.0163.